The quantitative estimate of drug-likeness (QED) is 0.449. The summed E-state index contributed by atoms with van der Waals surface area (Å²) in [7, 11) is 0.283. The van der Waals surface area contributed by atoms with Crippen molar-refractivity contribution in [2.24, 2.45) is 6.66 Å². The smallest absolute Gasteiger partial charge is 0.00211 e. The Morgan fingerprint density at radius 1 is 0.722 bits per heavy atom. The van der Waals surface area contributed by atoms with Gasteiger partial charge in [0.15, 0.2) is 0 Å². The summed E-state index contributed by atoms with van der Waals surface area (Å²) in [6, 6.07) is 17.5. The first-order chi connectivity index (χ1) is 8.61. The maximum atomic E-state index is 2.35. The van der Waals surface area contributed by atoms with E-state index in [-0.39, 0.29) is 7.53 Å². The molecule has 1 aromatic heterocycles. The summed E-state index contributed by atoms with van der Waals surface area (Å²) in [5.74, 6) is 0. The third-order valence-electron chi connectivity index (χ3n) is 2.82. The van der Waals surface area contributed by atoms with Crippen LogP contribution in [0, 0.1) is 0 Å². The van der Waals surface area contributed by atoms with Crippen LogP contribution < -0.4 is 0 Å². The SMILES string of the molecule is CP(C)C.Cp1c2ccccc2c2ccccc21. The van der Waals surface area contributed by atoms with Crippen LogP contribution >= 0.6 is 15.5 Å². The van der Waals surface area contributed by atoms with E-state index in [0.29, 0.717) is 7.92 Å². The summed E-state index contributed by atoms with van der Waals surface area (Å²) in [5.41, 5.74) is 0. The fourth-order valence-corrected chi connectivity index (χ4v) is 4.11. The molecule has 0 aliphatic carbocycles. The molecule has 0 unspecified atom stereocenters. The van der Waals surface area contributed by atoms with Crippen molar-refractivity contribution in [3.8, 4) is 0 Å². The third kappa shape index (κ3) is 2.77. The van der Waals surface area contributed by atoms with Gasteiger partial charge in [-0.3, -0.25) is 0 Å². The maximum absolute atomic E-state index is 2.35. The normalized spacial score (nSPS) is 10.7. The van der Waals surface area contributed by atoms with Gasteiger partial charge in [-0.05, 0) is 37.4 Å². The predicted molar refractivity (Wildman–Crippen MR) is 89.8 cm³/mol. The van der Waals surface area contributed by atoms with Crippen LogP contribution in [0.25, 0.3) is 21.0 Å². The van der Waals surface area contributed by atoms with Crippen molar-refractivity contribution in [1.82, 2.24) is 0 Å². The molecule has 0 saturated heterocycles. The van der Waals surface area contributed by atoms with Gasteiger partial charge in [0.1, 0.15) is 0 Å². The summed E-state index contributed by atoms with van der Waals surface area (Å²) in [5, 5.41) is 5.95. The van der Waals surface area contributed by atoms with Crippen LogP contribution in [0.2, 0.25) is 0 Å². The average Bonchev–Trinajstić information content (AvgIpc) is 2.64. The van der Waals surface area contributed by atoms with Crippen LogP contribution in [0.3, 0.4) is 0 Å². The molecule has 0 radical (unpaired) electrons. The van der Waals surface area contributed by atoms with Crippen molar-refractivity contribution in [2.75, 3.05) is 20.0 Å². The van der Waals surface area contributed by atoms with Gasteiger partial charge in [0.05, 0.1) is 0 Å². The molecule has 0 spiro atoms. The van der Waals surface area contributed by atoms with Gasteiger partial charge < -0.3 is 0 Å². The molecule has 0 bridgehead atoms. The number of rotatable bonds is 0. The van der Waals surface area contributed by atoms with E-state index in [1.54, 1.807) is 0 Å². The Balaban J connectivity index is 0.000000267. The van der Waals surface area contributed by atoms with E-state index in [1.807, 2.05) is 0 Å². The van der Waals surface area contributed by atoms with Gasteiger partial charge in [0, 0.05) is 10.2 Å². The highest BCUT2D eigenvalue weighted by molar-refractivity contribution is 7.59. The van der Waals surface area contributed by atoms with Gasteiger partial charge in [0.2, 0.25) is 0 Å². The van der Waals surface area contributed by atoms with E-state index >= 15 is 0 Å². The fraction of sp³-hybridized carbons (Fsp3) is 0.250. The highest BCUT2D eigenvalue weighted by atomic mass is 31.1. The van der Waals surface area contributed by atoms with Crippen LogP contribution in [-0.4, -0.2) is 20.0 Å². The van der Waals surface area contributed by atoms with Crippen molar-refractivity contribution in [2.45, 2.75) is 0 Å². The second kappa shape index (κ2) is 5.87. The minimum absolute atomic E-state index is 0.0967. The number of benzene rings is 2. The third-order valence-corrected chi connectivity index (χ3v) is 5.05. The van der Waals surface area contributed by atoms with Crippen LogP contribution in [0.4, 0.5) is 0 Å². The molecule has 0 fully saturated rings. The van der Waals surface area contributed by atoms with Crippen molar-refractivity contribution in [1.29, 1.82) is 0 Å². The number of hydrogen-bond donors (Lipinski definition) is 0. The molecule has 0 amide bonds. The lowest BCUT2D eigenvalue weighted by molar-refractivity contribution is 1.84. The maximum Gasteiger partial charge on any atom is 0.00211 e. The van der Waals surface area contributed by atoms with Gasteiger partial charge in [-0.15, -0.1) is 15.5 Å². The van der Waals surface area contributed by atoms with Crippen LogP contribution in [0.15, 0.2) is 48.5 Å². The molecule has 94 valence electrons. The molecule has 0 saturated carbocycles. The molecule has 1 heterocycles. The minimum atomic E-state index is -0.0967. The Morgan fingerprint density at radius 3 is 1.44 bits per heavy atom. The Morgan fingerprint density at radius 2 is 1.06 bits per heavy atom. The van der Waals surface area contributed by atoms with Crippen LogP contribution in [0.1, 0.15) is 0 Å². The monoisotopic (exact) mass is 274 g/mol. The highest BCUT2D eigenvalue weighted by Gasteiger charge is 2.05. The lowest BCUT2D eigenvalue weighted by Crippen LogP contribution is -1.62. The van der Waals surface area contributed by atoms with E-state index in [4.69, 9.17) is 0 Å². The second-order valence-electron chi connectivity index (χ2n) is 4.93. The molecule has 0 atom stereocenters. The first kappa shape index (κ1) is 13.6. The van der Waals surface area contributed by atoms with Crippen molar-refractivity contribution < 1.29 is 0 Å². The molecule has 0 N–H and O–H groups in total. The summed E-state index contributed by atoms with van der Waals surface area (Å²) < 4.78 is 0. The van der Waals surface area contributed by atoms with Crippen molar-refractivity contribution >= 4 is 36.5 Å². The first-order valence-corrected chi connectivity index (χ1v) is 10.6. The molecular weight excluding hydrogens is 254 g/mol. The highest BCUT2D eigenvalue weighted by Crippen LogP contribution is 2.46. The predicted octanol–water partition coefficient (Wildman–Crippen LogP) is 5.87. The van der Waals surface area contributed by atoms with Crippen LogP contribution in [-0.2, 0) is 6.66 Å². The Hall–Kier alpha value is -0.830. The average molecular weight is 274 g/mol. The summed E-state index contributed by atoms with van der Waals surface area (Å²) in [6.45, 7) is 9.04. The Labute approximate surface area is 112 Å². The molecule has 0 nitrogen and oxygen atoms in total. The molecular formula is C16H20P2. The molecule has 2 heteroatoms. The molecule has 3 rings (SSSR count). The van der Waals surface area contributed by atoms with Crippen LogP contribution in [0.5, 0.6) is 0 Å². The number of hydrogen-bond acceptors (Lipinski definition) is 0. The zero-order valence-electron chi connectivity index (χ0n) is 11.5. The van der Waals surface area contributed by atoms with Gasteiger partial charge >= 0.3 is 0 Å². The number of aryl methyl sites for hydroxylation is 1. The van der Waals surface area contributed by atoms with Crippen molar-refractivity contribution in [3.63, 3.8) is 0 Å². The molecule has 18 heavy (non-hydrogen) atoms. The van der Waals surface area contributed by atoms with E-state index in [0.717, 1.165) is 0 Å². The zero-order valence-corrected chi connectivity index (χ0v) is 13.3. The Bertz CT molecular complexity index is 594. The molecule has 0 aliphatic heterocycles. The topological polar surface area (TPSA) is 0 Å². The van der Waals surface area contributed by atoms with Gasteiger partial charge in [-0.25, -0.2) is 0 Å². The molecule has 3 aromatic rings. The standard InChI is InChI=1S/C13H11P.C3H9P/c1-14-12-8-4-2-6-10(12)11-7-3-5-9-13(11)14;1-4(2)3/h2-9H,1H3;1-3H3. The van der Waals surface area contributed by atoms with Gasteiger partial charge in [0.25, 0.3) is 0 Å². The fourth-order valence-electron chi connectivity index (χ4n) is 2.12. The largest absolute Gasteiger partial charge is 0.116 e. The molecule has 0 aliphatic rings. The first-order valence-electron chi connectivity index (χ1n) is 6.14. The van der Waals surface area contributed by atoms with E-state index in [2.05, 4.69) is 75.2 Å². The summed E-state index contributed by atoms with van der Waals surface area (Å²) >= 11 is 0. The minimum Gasteiger partial charge on any atom is -0.116 e. The molecule has 2 aromatic carbocycles. The Kier molecular flexibility index (Phi) is 4.44. The van der Waals surface area contributed by atoms with E-state index in [1.165, 1.54) is 21.0 Å². The van der Waals surface area contributed by atoms with Gasteiger partial charge in [-0.2, -0.15) is 0 Å². The van der Waals surface area contributed by atoms with E-state index < -0.39 is 0 Å². The summed E-state index contributed by atoms with van der Waals surface area (Å²) in [6.07, 6.45) is 0. The lowest BCUT2D eigenvalue weighted by Gasteiger charge is -1.90. The number of fused-ring (bicyclic) bond motifs is 3. The summed E-state index contributed by atoms with van der Waals surface area (Å²) in [4.78, 5) is 0. The second-order valence-corrected chi connectivity index (χ2v) is 9.70. The van der Waals surface area contributed by atoms with Gasteiger partial charge in [-0.1, -0.05) is 48.5 Å². The lowest BCUT2D eigenvalue weighted by atomic mass is 10.2. The zero-order chi connectivity index (χ0) is 13.1. The van der Waals surface area contributed by atoms with E-state index in [9.17, 15) is 0 Å². The van der Waals surface area contributed by atoms with Crippen molar-refractivity contribution in [3.05, 3.63) is 48.5 Å².